The van der Waals surface area contributed by atoms with Gasteiger partial charge in [0.05, 0.1) is 31.2 Å². The maximum absolute atomic E-state index is 12.7. The van der Waals surface area contributed by atoms with Gasteiger partial charge in [0.1, 0.15) is 18.0 Å². The Hall–Kier alpha value is -2.74. The van der Waals surface area contributed by atoms with E-state index in [-0.39, 0.29) is 24.6 Å². The molecular weight excluding hydrogens is 404 g/mol. The highest BCUT2D eigenvalue weighted by atomic mass is 32.2. The number of nitrogens with one attached hydrogen (secondary N) is 1. The molecule has 0 heterocycles. The van der Waals surface area contributed by atoms with Crippen molar-refractivity contribution >= 4 is 21.6 Å². The van der Waals surface area contributed by atoms with Crippen molar-refractivity contribution in [1.82, 2.24) is 5.32 Å². The second-order valence-corrected chi connectivity index (χ2v) is 9.14. The number of sulfonamides is 1. The number of ether oxygens (including phenoxy) is 2. The van der Waals surface area contributed by atoms with E-state index in [0.29, 0.717) is 17.9 Å². The molecule has 0 aliphatic heterocycles. The number of nitrogens with zero attached hydrogens (tertiary/aromatic N) is 1. The molecule has 1 N–H and O–H groups in total. The summed E-state index contributed by atoms with van der Waals surface area (Å²) in [6.07, 6.45) is 1.76. The third-order valence-corrected chi connectivity index (χ3v) is 5.59. The number of carbonyl (C=O) groups excluding carboxylic acids is 1. The summed E-state index contributed by atoms with van der Waals surface area (Å²) in [7, 11) is -2.06. The number of benzene rings is 2. The fourth-order valence-electron chi connectivity index (χ4n) is 2.99. The Labute approximate surface area is 179 Å². The van der Waals surface area contributed by atoms with Crippen LogP contribution in [-0.2, 0) is 14.8 Å². The third-order valence-electron chi connectivity index (χ3n) is 4.45. The van der Waals surface area contributed by atoms with Crippen LogP contribution in [0.4, 0.5) is 5.69 Å². The third kappa shape index (κ3) is 6.66. The van der Waals surface area contributed by atoms with Crippen molar-refractivity contribution in [3.05, 3.63) is 54.1 Å². The molecule has 2 rings (SSSR count). The number of amides is 1. The van der Waals surface area contributed by atoms with Gasteiger partial charge in [0.25, 0.3) is 0 Å². The van der Waals surface area contributed by atoms with Crippen LogP contribution in [0.15, 0.2) is 48.5 Å². The van der Waals surface area contributed by atoms with Crippen LogP contribution in [0.2, 0.25) is 0 Å². The molecule has 0 saturated heterocycles. The van der Waals surface area contributed by atoms with Gasteiger partial charge in [-0.1, -0.05) is 19.1 Å². The van der Waals surface area contributed by atoms with Crippen molar-refractivity contribution in [1.29, 1.82) is 0 Å². The second kappa shape index (κ2) is 10.3. The van der Waals surface area contributed by atoms with Gasteiger partial charge in [0, 0.05) is 0 Å². The summed E-state index contributed by atoms with van der Waals surface area (Å²) in [5.41, 5.74) is 1.33. The highest BCUT2D eigenvalue weighted by molar-refractivity contribution is 7.92. The van der Waals surface area contributed by atoms with Crippen LogP contribution in [0.1, 0.15) is 38.8 Å². The predicted molar refractivity (Wildman–Crippen MR) is 119 cm³/mol. The molecule has 1 atom stereocenters. The molecule has 8 heteroatoms. The molecule has 0 aliphatic carbocycles. The van der Waals surface area contributed by atoms with Crippen molar-refractivity contribution in [3.63, 3.8) is 0 Å². The Bertz CT molecular complexity index is 925. The topological polar surface area (TPSA) is 84.9 Å². The Morgan fingerprint density at radius 3 is 2.07 bits per heavy atom. The molecule has 1 unspecified atom stereocenters. The van der Waals surface area contributed by atoms with E-state index < -0.39 is 10.0 Å². The normalized spacial score (nSPS) is 12.3. The minimum Gasteiger partial charge on any atom is -0.497 e. The standard InChI is InChI=1S/C22H30N2O5S/c1-6-21(17-7-11-19(28-4)12-8-17)23-22(25)15-24(30(5,26)27)18-9-13-20(14-10-18)29-16(2)3/h7-14,16,21H,6,15H2,1-5H3,(H,23,25). The molecule has 0 bridgehead atoms. The lowest BCUT2D eigenvalue weighted by molar-refractivity contribution is -0.120. The fraction of sp³-hybridized carbons (Fsp3) is 0.409. The molecule has 0 saturated carbocycles. The highest BCUT2D eigenvalue weighted by Crippen LogP contribution is 2.23. The van der Waals surface area contributed by atoms with Crippen LogP contribution in [0, 0.1) is 0 Å². The van der Waals surface area contributed by atoms with Gasteiger partial charge in [-0.25, -0.2) is 8.42 Å². The summed E-state index contributed by atoms with van der Waals surface area (Å²) in [5, 5.41) is 2.92. The molecule has 30 heavy (non-hydrogen) atoms. The van der Waals surface area contributed by atoms with Crippen LogP contribution in [0.3, 0.4) is 0 Å². The minimum atomic E-state index is -3.65. The number of rotatable bonds is 10. The summed E-state index contributed by atoms with van der Waals surface area (Å²) in [6.45, 7) is 5.47. The van der Waals surface area contributed by atoms with Crippen LogP contribution < -0.4 is 19.1 Å². The average Bonchev–Trinajstić information content (AvgIpc) is 2.70. The first-order valence-electron chi connectivity index (χ1n) is 9.81. The fourth-order valence-corrected chi connectivity index (χ4v) is 3.85. The van der Waals surface area contributed by atoms with Gasteiger partial charge in [-0.15, -0.1) is 0 Å². The number of hydrogen-bond donors (Lipinski definition) is 1. The number of anilines is 1. The molecule has 2 aromatic carbocycles. The SMILES string of the molecule is CCC(NC(=O)CN(c1ccc(OC(C)C)cc1)S(C)(=O)=O)c1ccc(OC)cc1. The van der Waals surface area contributed by atoms with Gasteiger partial charge in [-0.3, -0.25) is 9.10 Å². The second-order valence-electron chi connectivity index (χ2n) is 7.23. The van der Waals surface area contributed by atoms with E-state index in [9.17, 15) is 13.2 Å². The number of carbonyl (C=O) groups is 1. The quantitative estimate of drug-likeness (QED) is 0.618. The maximum atomic E-state index is 12.7. The van der Waals surface area contributed by atoms with E-state index in [1.807, 2.05) is 45.0 Å². The van der Waals surface area contributed by atoms with Crippen molar-refractivity contribution < 1.29 is 22.7 Å². The lowest BCUT2D eigenvalue weighted by Gasteiger charge is -2.24. The molecule has 164 valence electrons. The average molecular weight is 435 g/mol. The summed E-state index contributed by atoms with van der Waals surface area (Å²) in [4.78, 5) is 12.7. The molecule has 0 radical (unpaired) electrons. The van der Waals surface area contributed by atoms with Gasteiger partial charge >= 0.3 is 0 Å². The smallest absolute Gasteiger partial charge is 0.241 e. The van der Waals surface area contributed by atoms with Crippen molar-refractivity contribution in [2.45, 2.75) is 39.3 Å². The first-order chi connectivity index (χ1) is 14.1. The molecule has 1 amide bonds. The van der Waals surface area contributed by atoms with E-state index in [1.165, 1.54) is 0 Å². The lowest BCUT2D eigenvalue weighted by atomic mass is 10.0. The van der Waals surface area contributed by atoms with Crippen LogP contribution in [0.25, 0.3) is 0 Å². The first-order valence-corrected chi connectivity index (χ1v) is 11.7. The largest absolute Gasteiger partial charge is 0.497 e. The van der Waals surface area contributed by atoms with Gasteiger partial charge in [-0.2, -0.15) is 0 Å². The minimum absolute atomic E-state index is 0.0107. The zero-order valence-electron chi connectivity index (χ0n) is 18.1. The zero-order valence-corrected chi connectivity index (χ0v) is 18.9. The monoisotopic (exact) mass is 434 g/mol. The predicted octanol–water partition coefficient (Wildman–Crippen LogP) is 3.52. The van der Waals surface area contributed by atoms with E-state index in [4.69, 9.17) is 9.47 Å². The van der Waals surface area contributed by atoms with E-state index in [2.05, 4.69) is 5.32 Å². The van der Waals surface area contributed by atoms with Crippen LogP contribution in [0.5, 0.6) is 11.5 Å². The summed E-state index contributed by atoms with van der Waals surface area (Å²) in [5.74, 6) is 0.982. The first kappa shape index (κ1) is 23.5. The lowest BCUT2D eigenvalue weighted by Crippen LogP contribution is -2.41. The molecule has 7 nitrogen and oxygen atoms in total. The summed E-state index contributed by atoms with van der Waals surface area (Å²) >= 11 is 0. The molecule has 0 aliphatic rings. The van der Waals surface area contributed by atoms with Gasteiger partial charge < -0.3 is 14.8 Å². The number of methoxy groups -OCH3 is 1. The molecule has 0 aromatic heterocycles. The van der Waals surface area contributed by atoms with Crippen molar-refractivity contribution in [2.24, 2.45) is 0 Å². The molecule has 0 fully saturated rings. The van der Waals surface area contributed by atoms with Crippen molar-refractivity contribution in [3.8, 4) is 11.5 Å². The molecular formula is C22H30N2O5S. The molecule has 0 spiro atoms. The van der Waals surface area contributed by atoms with Crippen LogP contribution >= 0.6 is 0 Å². The van der Waals surface area contributed by atoms with E-state index in [1.54, 1.807) is 31.4 Å². The summed E-state index contributed by atoms with van der Waals surface area (Å²) in [6, 6.07) is 13.8. The Morgan fingerprint density at radius 2 is 1.60 bits per heavy atom. The Balaban J connectivity index is 2.14. The Morgan fingerprint density at radius 1 is 1.03 bits per heavy atom. The van der Waals surface area contributed by atoms with E-state index in [0.717, 1.165) is 21.9 Å². The maximum Gasteiger partial charge on any atom is 0.241 e. The highest BCUT2D eigenvalue weighted by Gasteiger charge is 2.22. The van der Waals surface area contributed by atoms with Gasteiger partial charge in [-0.05, 0) is 62.2 Å². The summed E-state index contributed by atoms with van der Waals surface area (Å²) < 4.78 is 36.5. The van der Waals surface area contributed by atoms with Crippen LogP contribution in [-0.4, -0.2) is 40.3 Å². The van der Waals surface area contributed by atoms with E-state index >= 15 is 0 Å². The van der Waals surface area contributed by atoms with Gasteiger partial charge in [0.15, 0.2) is 0 Å². The van der Waals surface area contributed by atoms with Crippen molar-refractivity contribution in [2.75, 3.05) is 24.2 Å². The Kier molecular flexibility index (Phi) is 8.11. The zero-order chi connectivity index (χ0) is 22.3. The number of hydrogen-bond acceptors (Lipinski definition) is 5. The van der Waals surface area contributed by atoms with Gasteiger partial charge in [0.2, 0.25) is 15.9 Å². The molecule has 2 aromatic rings.